The van der Waals surface area contributed by atoms with Gasteiger partial charge in [-0.3, -0.25) is 0 Å². The Hall–Kier alpha value is -5.92. The molecular formula is C47H31F5OS. The predicted molar refractivity (Wildman–Crippen MR) is 215 cm³/mol. The fourth-order valence-electron chi connectivity index (χ4n) is 8.87. The van der Waals surface area contributed by atoms with E-state index in [9.17, 15) is 19.4 Å². The second-order valence-electron chi connectivity index (χ2n) is 14.1. The molecule has 7 heteroatoms. The number of rotatable bonds is 4. The largest absolute Gasteiger partial charge is 0.485 e. The number of halogens is 5. The van der Waals surface area contributed by atoms with E-state index in [0.717, 1.165) is 72.8 Å². The molecule has 1 aliphatic carbocycles. The van der Waals surface area contributed by atoms with Crippen molar-refractivity contribution in [1.82, 2.24) is 0 Å². The molecule has 1 aliphatic heterocycles. The Morgan fingerprint density at radius 1 is 0.444 bits per heavy atom. The molecule has 8 aromatic rings. The lowest BCUT2D eigenvalue weighted by Gasteiger charge is -2.42. The first-order valence-electron chi connectivity index (χ1n) is 17.8. The second-order valence-corrected chi connectivity index (χ2v) is 16.5. The third-order valence-electron chi connectivity index (χ3n) is 10.9. The Kier molecular flexibility index (Phi) is 6.70. The third kappa shape index (κ3) is 5.06. The van der Waals surface area contributed by atoms with E-state index in [1.165, 1.54) is 29.8 Å². The summed E-state index contributed by atoms with van der Waals surface area (Å²) in [5, 5.41) is 3.80. The zero-order chi connectivity index (χ0) is 36.9. The highest BCUT2D eigenvalue weighted by Gasteiger charge is 2.67. The molecule has 0 spiro atoms. The van der Waals surface area contributed by atoms with Crippen molar-refractivity contribution in [3.8, 4) is 28.0 Å². The molecule has 1 atom stereocenters. The summed E-state index contributed by atoms with van der Waals surface area (Å²) in [6.07, 6.45) is 4.68. The van der Waals surface area contributed by atoms with Gasteiger partial charge in [-0.25, -0.2) is 0 Å². The molecule has 0 N–H and O–H groups in total. The SMILES string of the molecule is FS(F)(F)(F)(F)c1c2ccccc2c(C2=CC=C3c4c(cccc4-c4c5ccccc5c(-c5ccccc5)c5ccccc45)OC3CC2)c2ccccc12. The van der Waals surface area contributed by atoms with Gasteiger partial charge in [-0.15, -0.1) is 0 Å². The van der Waals surface area contributed by atoms with Crippen LogP contribution >= 0.6 is 10.2 Å². The average molecular weight is 739 g/mol. The summed E-state index contributed by atoms with van der Waals surface area (Å²) in [7, 11) is -10.1. The summed E-state index contributed by atoms with van der Waals surface area (Å²) < 4.78 is 80.6. The van der Waals surface area contributed by atoms with Gasteiger partial charge in [-0.1, -0.05) is 171 Å². The number of benzene rings is 8. The molecule has 8 aromatic carbocycles. The Bertz CT molecular complexity index is 2840. The van der Waals surface area contributed by atoms with E-state index in [1.54, 1.807) is 12.1 Å². The molecule has 266 valence electrons. The van der Waals surface area contributed by atoms with Crippen LogP contribution in [0.4, 0.5) is 19.4 Å². The fourth-order valence-corrected chi connectivity index (χ4v) is 10.1. The van der Waals surface area contributed by atoms with Gasteiger partial charge in [0.1, 0.15) is 16.7 Å². The van der Waals surface area contributed by atoms with Crippen molar-refractivity contribution in [2.45, 2.75) is 23.8 Å². The van der Waals surface area contributed by atoms with E-state index in [-0.39, 0.29) is 16.9 Å². The lowest BCUT2D eigenvalue weighted by Crippen LogP contribution is -2.11. The van der Waals surface area contributed by atoms with Gasteiger partial charge in [0.15, 0.2) is 0 Å². The number of allylic oxidation sites excluding steroid dienone is 3. The van der Waals surface area contributed by atoms with E-state index < -0.39 is 25.9 Å². The summed E-state index contributed by atoms with van der Waals surface area (Å²) in [5.74, 6) is 0.775. The molecular weight excluding hydrogens is 708 g/mol. The van der Waals surface area contributed by atoms with E-state index in [4.69, 9.17) is 4.74 Å². The van der Waals surface area contributed by atoms with Crippen LogP contribution in [0, 0.1) is 0 Å². The Balaban J connectivity index is 1.21. The summed E-state index contributed by atoms with van der Waals surface area (Å²) in [6, 6.07) is 44.8. The van der Waals surface area contributed by atoms with Gasteiger partial charge in [0, 0.05) is 21.9 Å². The van der Waals surface area contributed by atoms with Gasteiger partial charge in [0.2, 0.25) is 0 Å². The molecule has 0 saturated heterocycles. The summed E-state index contributed by atoms with van der Waals surface area (Å²) in [6.45, 7) is 0. The maximum absolute atomic E-state index is 14.8. The fraction of sp³-hybridized carbons (Fsp3) is 0.0638. The highest BCUT2D eigenvalue weighted by Crippen LogP contribution is 3.03. The van der Waals surface area contributed by atoms with Crippen LogP contribution in [0.3, 0.4) is 0 Å². The van der Waals surface area contributed by atoms with Gasteiger partial charge < -0.3 is 4.74 Å². The molecule has 2 aliphatic rings. The zero-order valence-electron chi connectivity index (χ0n) is 28.7. The van der Waals surface area contributed by atoms with Crippen LogP contribution in [0.1, 0.15) is 24.0 Å². The number of hydrogen-bond donors (Lipinski definition) is 0. The summed E-state index contributed by atoms with van der Waals surface area (Å²) in [5.41, 5.74) is 7.69. The Morgan fingerprint density at radius 2 is 0.926 bits per heavy atom. The van der Waals surface area contributed by atoms with Gasteiger partial charge in [-0.05, 0) is 84.6 Å². The quantitative estimate of drug-likeness (QED) is 0.129. The van der Waals surface area contributed by atoms with E-state index in [1.807, 2.05) is 30.4 Å². The predicted octanol–water partition coefficient (Wildman–Crippen LogP) is 15.3. The number of hydrogen-bond acceptors (Lipinski definition) is 1. The molecule has 0 amide bonds. The van der Waals surface area contributed by atoms with Crippen molar-refractivity contribution < 1.29 is 24.2 Å². The minimum atomic E-state index is -10.1. The Labute approximate surface area is 308 Å². The first-order valence-corrected chi connectivity index (χ1v) is 19.8. The van der Waals surface area contributed by atoms with Crippen molar-refractivity contribution in [3.05, 3.63) is 169 Å². The highest BCUT2D eigenvalue weighted by atomic mass is 32.5. The van der Waals surface area contributed by atoms with Crippen LogP contribution < -0.4 is 4.74 Å². The van der Waals surface area contributed by atoms with Crippen LogP contribution in [0.25, 0.3) is 76.5 Å². The molecule has 10 rings (SSSR count). The van der Waals surface area contributed by atoms with Gasteiger partial charge in [0.05, 0.1) is 0 Å². The lowest BCUT2D eigenvalue weighted by atomic mass is 9.83. The summed E-state index contributed by atoms with van der Waals surface area (Å²) >= 11 is 0. The van der Waals surface area contributed by atoms with E-state index in [0.29, 0.717) is 18.4 Å². The third-order valence-corrected chi connectivity index (χ3v) is 12.1. The zero-order valence-corrected chi connectivity index (χ0v) is 29.5. The number of fused-ring (bicyclic) bond motifs is 7. The van der Waals surface area contributed by atoms with Crippen LogP contribution in [0.2, 0.25) is 0 Å². The highest BCUT2D eigenvalue weighted by molar-refractivity contribution is 8.46. The Morgan fingerprint density at radius 3 is 1.46 bits per heavy atom. The van der Waals surface area contributed by atoms with Crippen LogP contribution in [-0.4, -0.2) is 6.10 Å². The molecule has 0 radical (unpaired) electrons. The van der Waals surface area contributed by atoms with Crippen molar-refractivity contribution >= 4 is 64.5 Å². The minimum absolute atomic E-state index is 0.148. The normalized spacial score (nSPS) is 16.9. The monoisotopic (exact) mass is 738 g/mol. The van der Waals surface area contributed by atoms with Gasteiger partial charge >= 0.3 is 10.2 Å². The van der Waals surface area contributed by atoms with Crippen LogP contribution in [0.15, 0.2) is 163 Å². The smallest absolute Gasteiger partial charge is 0.311 e. The van der Waals surface area contributed by atoms with Gasteiger partial charge in [0.25, 0.3) is 0 Å². The topological polar surface area (TPSA) is 9.23 Å². The van der Waals surface area contributed by atoms with Crippen molar-refractivity contribution in [2.75, 3.05) is 0 Å². The lowest BCUT2D eigenvalue weighted by molar-refractivity contribution is 0.267. The molecule has 1 unspecified atom stereocenters. The second kappa shape index (κ2) is 11.1. The molecule has 0 fully saturated rings. The first-order chi connectivity index (χ1) is 26.0. The minimum Gasteiger partial charge on any atom is -0.485 e. The molecule has 1 heterocycles. The van der Waals surface area contributed by atoms with Crippen LogP contribution in [-0.2, 0) is 0 Å². The molecule has 0 saturated carbocycles. The summed E-state index contributed by atoms with van der Waals surface area (Å²) in [4.78, 5) is -1.82. The number of ether oxygens (including phenoxy) is 1. The average Bonchev–Trinajstić information content (AvgIpc) is 3.40. The molecule has 0 bridgehead atoms. The van der Waals surface area contributed by atoms with Crippen molar-refractivity contribution in [3.63, 3.8) is 0 Å². The van der Waals surface area contributed by atoms with Crippen LogP contribution in [0.5, 0.6) is 5.75 Å². The molecule has 54 heavy (non-hydrogen) atoms. The van der Waals surface area contributed by atoms with E-state index >= 15 is 0 Å². The maximum Gasteiger partial charge on any atom is 0.311 e. The van der Waals surface area contributed by atoms with Crippen molar-refractivity contribution in [1.29, 1.82) is 0 Å². The van der Waals surface area contributed by atoms with Gasteiger partial charge in [-0.2, -0.15) is 0 Å². The van der Waals surface area contributed by atoms with Crippen molar-refractivity contribution in [2.24, 2.45) is 0 Å². The molecule has 0 aromatic heterocycles. The standard InChI is InChI=1S/C47H31F5OS/c48-54(49,50,51,52)47-37-21-10-8-19-35(37)44(36-20-9-11-22-38(36)47)30-25-27-39-41(28-26-30)53-42-24-12-23-40(46(39)42)45-33-17-6-4-15-31(33)43(29-13-2-1-3-14-29)32-16-5-7-18-34(32)45/h1-25,27,41H,26,28H2. The maximum atomic E-state index is 14.8. The van der Waals surface area contributed by atoms with E-state index in [2.05, 4.69) is 78.9 Å². The first kappa shape index (κ1) is 32.7. The molecule has 1 nitrogen and oxygen atoms in total.